The number of halogens is 1. The van der Waals surface area contributed by atoms with Gasteiger partial charge in [-0.2, -0.15) is 0 Å². The third-order valence-corrected chi connectivity index (χ3v) is 5.09. The lowest BCUT2D eigenvalue weighted by Gasteiger charge is -2.38. The predicted molar refractivity (Wildman–Crippen MR) is 97.0 cm³/mol. The van der Waals surface area contributed by atoms with Gasteiger partial charge in [0.05, 0.1) is 13.7 Å². The van der Waals surface area contributed by atoms with Crippen LogP contribution >= 0.6 is 0 Å². The number of alkyl halides is 1. The highest BCUT2D eigenvalue weighted by atomic mass is 19.1. The summed E-state index contributed by atoms with van der Waals surface area (Å²) >= 11 is 0. The van der Waals surface area contributed by atoms with Crippen molar-refractivity contribution >= 4 is 17.5 Å². The fraction of sp³-hybridized carbons (Fsp3) is 0.474. The standard InChI is InChI=1S/C19H24FN3O3/c1-3-17(24)23-9-8-19(20,14-23)18(25)22-12-10-21(11-13-22)15-4-6-16(26-2)7-5-15/h3-7H,1,8-14H2,2H3. The molecule has 2 fully saturated rings. The molecular weight excluding hydrogens is 337 g/mol. The number of likely N-dealkylation sites (tertiary alicyclic amines) is 1. The molecule has 1 unspecified atom stereocenters. The Balaban J connectivity index is 1.58. The number of anilines is 1. The Morgan fingerprint density at radius 1 is 1.12 bits per heavy atom. The molecule has 2 saturated heterocycles. The van der Waals surface area contributed by atoms with Gasteiger partial charge in [0.15, 0.2) is 0 Å². The van der Waals surface area contributed by atoms with E-state index in [9.17, 15) is 9.59 Å². The Hall–Kier alpha value is -2.57. The molecule has 0 aromatic heterocycles. The lowest BCUT2D eigenvalue weighted by Crippen LogP contribution is -2.55. The van der Waals surface area contributed by atoms with Gasteiger partial charge in [-0.05, 0) is 30.3 Å². The van der Waals surface area contributed by atoms with Gasteiger partial charge < -0.3 is 19.4 Å². The monoisotopic (exact) mass is 361 g/mol. The summed E-state index contributed by atoms with van der Waals surface area (Å²) in [7, 11) is 1.62. The van der Waals surface area contributed by atoms with Gasteiger partial charge in [-0.25, -0.2) is 4.39 Å². The zero-order valence-electron chi connectivity index (χ0n) is 15.0. The van der Waals surface area contributed by atoms with Gasteiger partial charge in [0, 0.05) is 44.8 Å². The SMILES string of the molecule is C=CC(=O)N1CCC(F)(C(=O)N2CCN(c3ccc(OC)cc3)CC2)C1. The molecule has 7 heteroatoms. The van der Waals surface area contributed by atoms with Crippen LogP contribution in [0.5, 0.6) is 5.75 Å². The number of nitrogens with zero attached hydrogens (tertiary/aromatic N) is 3. The van der Waals surface area contributed by atoms with E-state index in [1.54, 1.807) is 12.0 Å². The van der Waals surface area contributed by atoms with Gasteiger partial charge >= 0.3 is 0 Å². The number of carbonyl (C=O) groups is 2. The molecule has 0 radical (unpaired) electrons. The zero-order valence-corrected chi connectivity index (χ0v) is 15.0. The average molecular weight is 361 g/mol. The van der Waals surface area contributed by atoms with Crippen molar-refractivity contribution in [2.45, 2.75) is 12.1 Å². The van der Waals surface area contributed by atoms with Crippen molar-refractivity contribution in [3.8, 4) is 5.75 Å². The summed E-state index contributed by atoms with van der Waals surface area (Å²) in [5.74, 6) is -0.0466. The third kappa shape index (κ3) is 3.52. The van der Waals surface area contributed by atoms with Gasteiger partial charge in [0.25, 0.3) is 5.91 Å². The maximum Gasteiger partial charge on any atom is 0.262 e. The largest absolute Gasteiger partial charge is 0.497 e. The quantitative estimate of drug-likeness (QED) is 0.762. The fourth-order valence-electron chi connectivity index (χ4n) is 3.51. The molecule has 0 N–H and O–H groups in total. The van der Waals surface area contributed by atoms with Crippen LogP contribution in [0.1, 0.15) is 6.42 Å². The zero-order chi connectivity index (χ0) is 18.7. The first-order valence-electron chi connectivity index (χ1n) is 8.75. The van der Waals surface area contributed by atoms with Crippen LogP contribution in [-0.4, -0.2) is 73.7 Å². The Morgan fingerprint density at radius 2 is 1.77 bits per heavy atom. The molecule has 1 aromatic rings. The van der Waals surface area contributed by atoms with Crippen LogP contribution in [0.4, 0.5) is 10.1 Å². The molecule has 26 heavy (non-hydrogen) atoms. The van der Waals surface area contributed by atoms with E-state index in [-0.39, 0.29) is 25.4 Å². The average Bonchev–Trinajstić information content (AvgIpc) is 3.10. The lowest BCUT2D eigenvalue weighted by molar-refractivity contribution is -0.144. The second-order valence-electron chi connectivity index (χ2n) is 6.66. The fourth-order valence-corrected chi connectivity index (χ4v) is 3.51. The molecule has 1 atom stereocenters. The third-order valence-electron chi connectivity index (χ3n) is 5.09. The molecule has 0 aliphatic carbocycles. The molecule has 2 aliphatic rings. The van der Waals surface area contributed by atoms with E-state index in [0.717, 1.165) is 17.5 Å². The van der Waals surface area contributed by atoms with Gasteiger partial charge in [-0.3, -0.25) is 9.59 Å². The molecule has 140 valence electrons. The predicted octanol–water partition coefficient (Wildman–Crippen LogP) is 1.47. The second-order valence-corrected chi connectivity index (χ2v) is 6.66. The molecule has 1 aromatic carbocycles. The molecule has 2 heterocycles. The second kappa shape index (κ2) is 7.35. The van der Waals surface area contributed by atoms with Crippen molar-refractivity contribution in [3.63, 3.8) is 0 Å². The number of benzene rings is 1. The minimum atomic E-state index is -1.99. The lowest BCUT2D eigenvalue weighted by atomic mass is 10.0. The van der Waals surface area contributed by atoms with E-state index in [1.807, 2.05) is 24.3 Å². The molecule has 6 nitrogen and oxygen atoms in total. The number of carbonyl (C=O) groups excluding carboxylic acids is 2. The van der Waals surface area contributed by atoms with Crippen molar-refractivity contribution in [3.05, 3.63) is 36.9 Å². The molecule has 0 bridgehead atoms. The van der Waals surface area contributed by atoms with Gasteiger partial charge in [-0.15, -0.1) is 0 Å². The highest BCUT2D eigenvalue weighted by Gasteiger charge is 2.48. The Kier molecular flexibility index (Phi) is 5.15. The van der Waals surface area contributed by atoms with E-state index in [4.69, 9.17) is 4.74 Å². The summed E-state index contributed by atoms with van der Waals surface area (Å²) in [6.45, 7) is 5.69. The summed E-state index contributed by atoms with van der Waals surface area (Å²) in [5, 5.41) is 0. The topological polar surface area (TPSA) is 53.1 Å². The minimum Gasteiger partial charge on any atom is -0.497 e. The number of hydrogen-bond acceptors (Lipinski definition) is 4. The number of rotatable bonds is 4. The molecule has 2 amide bonds. The Labute approximate surface area is 152 Å². The molecule has 0 spiro atoms. The first kappa shape index (κ1) is 18.2. The molecular formula is C19H24FN3O3. The highest BCUT2D eigenvalue weighted by Crippen LogP contribution is 2.29. The summed E-state index contributed by atoms with van der Waals surface area (Å²) in [6.07, 6.45) is 1.20. The number of piperazine rings is 1. The van der Waals surface area contributed by atoms with Crippen LogP contribution in [0, 0.1) is 0 Å². The number of ether oxygens (including phenoxy) is 1. The van der Waals surface area contributed by atoms with E-state index >= 15 is 4.39 Å². The van der Waals surface area contributed by atoms with Crippen molar-refractivity contribution in [1.29, 1.82) is 0 Å². The number of hydrogen-bond donors (Lipinski definition) is 0. The van der Waals surface area contributed by atoms with Crippen LogP contribution in [0.25, 0.3) is 0 Å². The van der Waals surface area contributed by atoms with Crippen molar-refractivity contribution in [2.24, 2.45) is 0 Å². The van der Waals surface area contributed by atoms with Crippen LogP contribution in [0.2, 0.25) is 0 Å². The van der Waals surface area contributed by atoms with E-state index < -0.39 is 11.6 Å². The van der Waals surface area contributed by atoms with Crippen molar-refractivity contribution in [1.82, 2.24) is 9.80 Å². The summed E-state index contributed by atoms with van der Waals surface area (Å²) in [5.41, 5.74) is -0.933. The van der Waals surface area contributed by atoms with Crippen LogP contribution in [-0.2, 0) is 9.59 Å². The Morgan fingerprint density at radius 3 is 2.35 bits per heavy atom. The van der Waals surface area contributed by atoms with E-state index in [0.29, 0.717) is 26.2 Å². The number of methoxy groups -OCH3 is 1. The first-order chi connectivity index (χ1) is 12.5. The van der Waals surface area contributed by atoms with E-state index in [1.165, 1.54) is 4.90 Å². The summed E-state index contributed by atoms with van der Waals surface area (Å²) < 4.78 is 20.3. The molecule has 0 saturated carbocycles. The van der Waals surface area contributed by atoms with Crippen molar-refractivity contribution in [2.75, 3.05) is 51.3 Å². The first-order valence-corrected chi connectivity index (χ1v) is 8.75. The van der Waals surface area contributed by atoms with Crippen LogP contribution in [0.15, 0.2) is 36.9 Å². The van der Waals surface area contributed by atoms with E-state index in [2.05, 4.69) is 11.5 Å². The van der Waals surface area contributed by atoms with Crippen LogP contribution in [0.3, 0.4) is 0 Å². The van der Waals surface area contributed by atoms with Gasteiger partial charge in [0.2, 0.25) is 11.6 Å². The van der Waals surface area contributed by atoms with Crippen LogP contribution < -0.4 is 9.64 Å². The van der Waals surface area contributed by atoms with Crippen molar-refractivity contribution < 1.29 is 18.7 Å². The molecule has 2 aliphatic heterocycles. The summed E-state index contributed by atoms with van der Waals surface area (Å²) in [6, 6.07) is 7.74. The molecule has 3 rings (SSSR count). The van der Waals surface area contributed by atoms with Gasteiger partial charge in [0.1, 0.15) is 5.75 Å². The highest BCUT2D eigenvalue weighted by molar-refractivity contribution is 5.91. The Bertz CT molecular complexity index is 686. The van der Waals surface area contributed by atoms with Gasteiger partial charge in [-0.1, -0.05) is 6.58 Å². The normalized spacial score (nSPS) is 23.1. The summed E-state index contributed by atoms with van der Waals surface area (Å²) in [4.78, 5) is 29.4. The maximum absolute atomic E-state index is 15.1. The smallest absolute Gasteiger partial charge is 0.262 e. The number of amides is 2. The maximum atomic E-state index is 15.1. The minimum absolute atomic E-state index is 0.0457.